The van der Waals surface area contributed by atoms with Crippen LogP contribution in [0.4, 0.5) is 5.69 Å². The van der Waals surface area contributed by atoms with E-state index in [2.05, 4.69) is 34.3 Å². The highest BCUT2D eigenvalue weighted by Crippen LogP contribution is 2.32. The average molecular weight is 436 g/mol. The zero-order valence-electron chi connectivity index (χ0n) is 15.4. The number of nitrogens with zero attached hydrogens (tertiary/aromatic N) is 4. The molecule has 0 saturated carbocycles. The van der Waals surface area contributed by atoms with Crippen molar-refractivity contribution in [2.24, 2.45) is 5.92 Å². The smallest absolute Gasteiger partial charge is 0.234 e. The van der Waals surface area contributed by atoms with Gasteiger partial charge in [-0.2, -0.15) is 0 Å². The van der Waals surface area contributed by atoms with E-state index in [0.717, 1.165) is 5.56 Å². The van der Waals surface area contributed by atoms with Gasteiger partial charge in [-0.1, -0.05) is 48.8 Å². The molecule has 0 aliphatic heterocycles. The number of nitrogens with one attached hydrogen (secondary N) is 1. The predicted octanol–water partition coefficient (Wildman–Crippen LogP) is 5.03. The fourth-order valence-corrected chi connectivity index (χ4v) is 3.80. The summed E-state index contributed by atoms with van der Waals surface area (Å²) in [5.41, 5.74) is 1.41. The molecule has 0 unspecified atom stereocenters. The van der Waals surface area contributed by atoms with Gasteiger partial charge in [0, 0.05) is 23.3 Å². The number of benzene rings is 1. The zero-order chi connectivity index (χ0) is 20.1. The Hall–Kier alpha value is -2.09. The second-order valence-corrected chi connectivity index (χ2v) is 8.30. The topological polar surface area (TPSA) is 72.7 Å². The quantitative estimate of drug-likeness (QED) is 0.526. The minimum absolute atomic E-state index is 0.136. The van der Waals surface area contributed by atoms with Gasteiger partial charge >= 0.3 is 0 Å². The number of rotatable bonds is 7. The molecule has 0 atom stereocenters. The van der Waals surface area contributed by atoms with Gasteiger partial charge in [0.2, 0.25) is 5.91 Å². The van der Waals surface area contributed by atoms with Gasteiger partial charge in [-0.3, -0.25) is 9.78 Å². The number of carbonyl (C=O) groups excluding carboxylic acids is 1. The molecule has 3 rings (SSSR count). The van der Waals surface area contributed by atoms with Gasteiger partial charge in [0.15, 0.2) is 11.0 Å². The first kappa shape index (κ1) is 20.6. The first-order chi connectivity index (χ1) is 13.4. The second-order valence-electron chi connectivity index (χ2n) is 6.51. The lowest BCUT2D eigenvalue weighted by atomic mass is 10.2. The van der Waals surface area contributed by atoms with Crippen molar-refractivity contribution in [3.63, 3.8) is 0 Å². The SMILES string of the molecule is CC(C)Cn1c(SCC(=O)Nc2cccnc2)nnc1-c1ccc(Cl)cc1Cl. The van der Waals surface area contributed by atoms with E-state index in [1.165, 1.54) is 11.8 Å². The van der Waals surface area contributed by atoms with Crippen LogP contribution in [0.1, 0.15) is 13.8 Å². The van der Waals surface area contributed by atoms with Gasteiger partial charge in [0.05, 0.1) is 22.7 Å². The molecule has 1 amide bonds. The molecule has 0 spiro atoms. The highest BCUT2D eigenvalue weighted by Gasteiger charge is 2.18. The first-order valence-corrected chi connectivity index (χ1v) is 10.4. The van der Waals surface area contributed by atoms with Crippen molar-refractivity contribution in [2.45, 2.75) is 25.5 Å². The van der Waals surface area contributed by atoms with E-state index >= 15 is 0 Å². The molecule has 0 aliphatic carbocycles. The Morgan fingerprint density at radius 1 is 1.25 bits per heavy atom. The lowest BCUT2D eigenvalue weighted by Crippen LogP contribution is -2.15. The summed E-state index contributed by atoms with van der Waals surface area (Å²) in [6.45, 7) is 4.92. The van der Waals surface area contributed by atoms with E-state index in [4.69, 9.17) is 23.2 Å². The summed E-state index contributed by atoms with van der Waals surface area (Å²) < 4.78 is 1.99. The molecule has 6 nitrogen and oxygen atoms in total. The molecule has 3 aromatic rings. The van der Waals surface area contributed by atoms with Crippen molar-refractivity contribution >= 4 is 46.6 Å². The third kappa shape index (κ3) is 5.25. The van der Waals surface area contributed by atoms with Crippen molar-refractivity contribution in [2.75, 3.05) is 11.1 Å². The average Bonchev–Trinajstić information content (AvgIpc) is 3.02. The molecule has 0 bridgehead atoms. The number of hydrogen-bond acceptors (Lipinski definition) is 5. The summed E-state index contributed by atoms with van der Waals surface area (Å²) >= 11 is 13.7. The molecule has 1 N–H and O–H groups in total. The molecule has 2 aromatic heterocycles. The van der Waals surface area contributed by atoms with E-state index < -0.39 is 0 Å². The first-order valence-electron chi connectivity index (χ1n) is 8.65. The predicted molar refractivity (Wildman–Crippen MR) is 114 cm³/mol. The molecular formula is C19H19Cl2N5OS. The Kier molecular flexibility index (Phi) is 6.93. The van der Waals surface area contributed by atoms with Gasteiger partial charge in [-0.15, -0.1) is 10.2 Å². The van der Waals surface area contributed by atoms with Gasteiger partial charge < -0.3 is 9.88 Å². The third-order valence-electron chi connectivity index (χ3n) is 3.71. The Balaban J connectivity index is 1.79. The van der Waals surface area contributed by atoms with Crippen LogP contribution in [-0.2, 0) is 11.3 Å². The van der Waals surface area contributed by atoms with Crippen LogP contribution in [0.5, 0.6) is 0 Å². The fourth-order valence-electron chi connectivity index (χ4n) is 2.56. The molecule has 0 aliphatic rings. The summed E-state index contributed by atoms with van der Waals surface area (Å²) in [7, 11) is 0. The molecule has 146 valence electrons. The van der Waals surface area contributed by atoms with Crippen LogP contribution >= 0.6 is 35.0 Å². The van der Waals surface area contributed by atoms with Gasteiger partial charge in [-0.05, 0) is 36.2 Å². The van der Waals surface area contributed by atoms with Crippen molar-refractivity contribution in [1.82, 2.24) is 19.7 Å². The van der Waals surface area contributed by atoms with Gasteiger partial charge in [0.1, 0.15) is 0 Å². The molecule has 28 heavy (non-hydrogen) atoms. The van der Waals surface area contributed by atoms with E-state index in [1.54, 1.807) is 36.7 Å². The van der Waals surface area contributed by atoms with Crippen LogP contribution in [0, 0.1) is 5.92 Å². The second kappa shape index (κ2) is 9.41. The lowest BCUT2D eigenvalue weighted by Gasteiger charge is -2.13. The third-order valence-corrected chi connectivity index (χ3v) is 5.23. The molecule has 0 fully saturated rings. The number of halogens is 2. The highest BCUT2D eigenvalue weighted by atomic mass is 35.5. The summed E-state index contributed by atoms with van der Waals surface area (Å²) in [6.07, 6.45) is 3.26. The normalized spacial score (nSPS) is 11.0. The maximum Gasteiger partial charge on any atom is 0.234 e. The molecular weight excluding hydrogens is 417 g/mol. The van der Waals surface area contributed by atoms with Crippen LogP contribution in [0.15, 0.2) is 47.9 Å². The Morgan fingerprint density at radius 3 is 2.75 bits per heavy atom. The minimum atomic E-state index is -0.136. The van der Waals surface area contributed by atoms with Crippen molar-refractivity contribution in [1.29, 1.82) is 0 Å². The van der Waals surface area contributed by atoms with Crippen LogP contribution in [-0.4, -0.2) is 31.4 Å². The summed E-state index contributed by atoms with van der Waals surface area (Å²) in [4.78, 5) is 16.2. The maximum atomic E-state index is 12.2. The largest absolute Gasteiger partial charge is 0.324 e. The lowest BCUT2D eigenvalue weighted by molar-refractivity contribution is -0.113. The Labute approximate surface area is 177 Å². The number of hydrogen-bond donors (Lipinski definition) is 1. The van der Waals surface area contributed by atoms with Crippen molar-refractivity contribution < 1.29 is 4.79 Å². The Bertz CT molecular complexity index is 962. The van der Waals surface area contributed by atoms with Gasteiger partial charge in [0.25, 0.3) is 0 Å². The van der Waals surface area contributed by atoms with Crippen LogP contribution < -0.4 is 5.32 Å². The number of anilines is 1. The molecule has 2 heterocycles. The van der Waals surface area contributed by atoms with Crippen LogP contribution in [0.3, 0.4) is 0 Å². The molecule has 9 heteroatoms. The van der Waals surface area contributed by atoms with E-state index in [0.29, 0.717) is 39.2 Å². The summed E-state index contributed by atoms with van der Waals surface area (Å²) in [6, 6.07) is 8.84. The number of pyridine rings is 1. The fraction of sp³-hybridized carbons (Fsp3) is 0.263. The molecule has 1 aromatic carbocycles. The van der Waals surface area contributed by atoms with E-state index in [-0.39, 0.29) is 11.7 Å². The number of carbonyl (C=O) groups is 1. The van der Waals surface area contributed by atoms with Crippen molar-refractivity contribution in [3.05, 3.63) is 52.8 Å². The van der Waals surface area contributed by atoms with E-state index in [1.807, 2.05) is 10.6 Å². The summed E-state index contributed by atoms with van der Waals surface area (Å²) in [5.74, 6) is 1.09. The molecule has 0 saturated heterocycles. The van der Waals surface area contributed by atoms with Gasteiger partial charge in [-0.25, -0.2) is 0 Å². The number of amides is 1. The van der Waals surface area contributed by atoms with Crippen LogP contribution in [0.2, 0.25) is 10.0 Å². The number of aromatic nitrogens is 4. The standard InChI is InChI=1S/C19H19Cl2N5OS/c1-12(2)10-26-18(15-6-5-13(20)8-16(15)21)24-25-19(26)28-11-17(27)23-14-4-3-7-22-9-14/h3-9,12H,10-11H2,1-2H3,(H,23,27). The number of thioether (sulfide) groups is 1. The Morgan fingerprint density at radius 2 is 2.07 bits per heavy atom. The summed E-state index contributed by atoms with van der Waals surface area (Å²) in [5, 5.41) is 13.1. The van der Waals surface area contributed by atoms with E-state index in [9.17, 15) is 4.79 Å². The zero-order valence-corrected chi connectivity index (χ0v) is 17.7. The van der Waals surface area contributed by atoms with Crippen molar-refractivity contribution in [3.8, 4) is 11.4 Å². The molecule has 0 radical (unpaired) electrons. The minimum Gasteiger partial charge on any atom is -0.324 e. The highest BCUT2D eigenvalue weighted by molar-refractivity contribution is 7.99. The maximum absolute atomic E-state index is 12.2. The van der Waals surface area contributed by atoms with Crippen LogP contribution in [0.25, 0.3) is 11.4 Å². The monoisotopic (exact) mass is 435 g/mol.